The number of hydrogen-bond acceptors (Lipinski definition) is 2. The lowest BCUT2D eigenvalue weighted by Crippen LogP contribution is -2.05. The summed E-state index contributed by atoms with van der Waals surface area (Å²) in [6.45, 7) is 4.38. The molecule has 20 heavy (non-hydrogen) atoms. The van der Waals surface area contributed by atoms with Crippen molar-refractivity contribution in [2.45, 2.75) is 26.4 Å². The molecule has 0 saturated heterocycles. The molecule has 0 fully saturated rings. The Morgan fingerprint density at radius 1 is 1.15 bits per heavy atom. The van der Waals surface area contributed by atoms with Crippen molar-refractivity contribution >= 4 is 21.6 Å². The molecule has 0 spiro atoms. The van der Waals surface area contributed by atoms with Crippen LogP contribution in [0.15, 0.2) is 46.9 Å². The van der Waals surface area contributed by atoms with Crippen molar-refractivity contribution in [1.82, 2.24) is 0 Å². The number of rotatable bonds is 4. The van der Waals surface area contributed by atoms with E-state index < -0.39 is 6.10 Å². The number of nitrogen functional groups attached to an aromatic ring is 1. The number of benzene rings is 2. The zero-order valence-corrected chi connectivity index (χ0v) is 13.4. The maximum Gasteiger partial charge on any atom is 0.106 e. The Morgan fingerprint density at radius 2 is 1.90 bits per heavy atom. The largest absolute Gasteiger partial charge is 0.398 e. The SMILES string of the molecule is CC(C)Cc1cccc(C(O)c2cc(Br)ccc2N)c1. The second-order valence-electron chi connectivity index (χ2n) is 5.52. The van der Waals surface area contributed by atoms with E-state index in [0.29, 0.717) is 11.6 Å². The third kappa shape index (κ3) is 3.62. The normalized spacial score (nSPS) is 12.7. The molecule has 0 aliphatic carbocycles. The van der Waals surface area contributed by atoms with Crippen LogP contribution in [0.25, 0.3) is 0 Å². The summed E-state index contributed by atoms with van der Waals surface area (Å²) in [5, 5.41) is 10.6. The first kappa shape index (κ1) is 15.1. The quantitative estimate of drug-likeness (QED) is 0.819. The van der Waals surface area contributed by atoms with Gasteiger partial charge in [-0.3, -0.25) is 0 Å². The van der Waals surface area contributed by atoms with Gasteiger partial charge in [-0.25, -0.2) is 0 Å². The highest BCUT2D eigenvalue weighted by molar-refractivity contribution is 9.10. The lowest BCUT2D eigenvalue weighted by atomic mass is 9.95. The monoisotopic (exact) mass is 333 g/mol. The molecule has 3 N–H and O–H groups in total. The van der Waals surface area contributed by atoms with Crippen LogP contribution in [0.3, 0.4) is 0 Å². The molecule has 0 radical (unpaired) electrons. The topological polar surface area (TPSA) is 46.2 Å². The summed E-state index contributed by atoms with van der Waals surface area (Å²) in [6.07, 6.45) is 0.314. The van der Waals surface area contributed by atoms with Crippen LogP contribution in [0, 0.1) is 5.92 Å². The van der Waals surface area contributed by atoms with Crippen LogP contribution in [0.1, 0.15) is 36.6 Å². The van der Waals surface area contributed by atoms with Gasteiger partial charge in [-0.15, -0.1) is 0 Å². The molecule has 0 aromatic heterocycles. The molecule has 2 nitrogen and oxygen atoms in total. The predicted octanol–water partition coefficient (Wildman–Crippen LogP) is 4.31. The Morgan fingerprint density at radius 3 is 2.60 bits per heavy atom. The zero-order chi connectivity index (χ0) is 14.7. The Bertz CT molecular complexity index is 595. The first-order chi connectivity index (χ1) is 9.47. The summed E-state index contributed by atoms with van der Waals surface area (Å²) >= 11 is 3.42. The van der Waals surface area contributed by atoms with Gasteiger partial charge >= 0.3 is 0 Å². The van der Waals surface area contributed by atoms with Crippen LogP contribution in [0.5, 0.6) is 0 Å². The highest BCUT2D eigenvalue weighted by atomic mass is 79.9. The van der Waals surface area contributed by atoms with Crippen LogP contribution >= 0.6 is 15.9 Å². The zero-order valence-electron chi connectivity index (χ0n) is 11.8. The molecule has 1 atom stereocenters. The van der Waals surface area contributed by atoms with E-state index in [9.17, 15) is 5.11 Å². The van der Waals surface area contributed by atoms with E-state index in [-0.39, 0.29) is 0 Å². The van der Waals surface area contributed by atoms with Crippen molar-refractivity contribution in [3.63, 3.8) is 0 Å². The Labute approximate surface area is 128 Å². The number of aliphatic hydroxyl groups is 1. The highest BCUT2D eigenvalue weighted by Gasteiger charge is 2.14. The van der Waals surface area contributed by atoms with Crippen LogP contribution in [0.2, 0.25) is 0 Å². The first-order valence-electron chi connectivity index (χ1n) is 6.79. The summed E-state index contributed by atoms with van der Waals surface area (Å²) in [4.78, 5) is 0. The van der Waals surface area contributed by atoms with Crippen molar-refractivity contribution in [3.05, 3.63) is 63.6 Å². The smallest absolute Gasteiger partial charge is 0.106 e. The Balaban J connectivity index is 2.33. The van der Waals surface area contributed by atoms with E-state index >= 15 is 0 Å². The molecule has 1 unspecified atom stereocenters. The molecule has 0 heterocycles. The Hall–Kier alpha value is -1.32. The number of halogens is 1. The van der Waals surface area contributed by atoms with Crippen LogP contribution in [-0.4, -0.2) is 5.11 Å². The minimum Gasteiger partial charge on any atom is -0.398 e. The number of anilines is 1. The lowest BCUT2D eigenvalue weighted by molar-refractivity contribution is 0.221. The standard InChI is InChI=1S/C17H20BrNO/c1-11(2)8-12-4-3-5-13(9-12)17(20)15-10-14(18)6-7-16(15)19/h3-7,9-11,17,20H,8,19H2,1-2H3. The molecule has 0 bridgehead atoms. The maximum absolute atomic E-state index is 10.6. The van der Waals surface area contributed by atoms with E-state index in [2.05, 4.69) is 41.9 Å². The molecular formula is C17H20BrNO. The second kappa shape index (κ2) is 6.42. The van der Waals surface area contributed by atoms with Crippen molar-refractivity contribution in [2.24, 2.45) is 5.92 Å². The van der Waals surface area contributed by atoms with Crippen molar-refractivity contribution < 1.29 is 5.11 Å². The van der Waals surface area contributed by atoms with Gasteiger partial charge in [0.1, 0.15) is 6.10 Å². The number of hydrogen-bond donors (Lipinski definition) is 2. The van der Waals surface area contributed by atoms with Gasteiger partial charge in [-0.2, -0.15) is 0 Å². The minimum atomic E-state index is -0.695. The average molecular weight is 334 g/mol. The average Bonchev–Trinajstić information content (AvgIpc) is 2.40. The van der Waals surface area contributed by atoms with Gasteiger partial charge < -0.3 is 10.8 Å². The number of aliphatic hydroxyl groups excluding tert-OH is 1. The molecule has 2 rings (SSSR count). The van der Waals surface area contributed by atoms with Gasteiger partial charge in [0.05, 0.1) is 0 Å². The van der Waals surface area contributed by atoms with E-state index in [0.717, 1.165) is 22.0 Å². The highest BCUT2D eigenvalue weighted by Crippen LogP contribution is 2.29. The van der Waals surface area contributed by atoms with Crippen molar-refractivity contribution in [1.29, 1.82) is 0 Å². The lowest BCUT2D eigenvalue weighted by Gasteiger charge is -2.16. The fraction of sp³-hybridized carbons (Fsp3) is 0.294. The maximum atomic E-state index is 10.6. The van der Waals surface area contributed by atoms with E-state index in [4.69, 9.17) is 5.73 Å². The van der Waals surface area contributed by atoms with E-state index in [1.807, 2.05) is 24.3 Å². The summed E-state index contributed by atoms with van der Waals surface area (Å²) in [6, 6.07) is 13.6. The van der Waals surface area contributed by atoms with Crippen molar-refractivity contribution in [3.8, 4) is 0 Å². The fourth-order valence-electron chi connectivity index (χ4n) is 2.32. The molecule has 0 saturated carbocycles. The summed E-state index contributed by atoms with van der Waals surface area (Å²) < 4.78 is 0.916. The van der Waals surface area contributed by atoms with Gasteiger partial charge in [-0.1, -0.05) is 54.0 Å². The minimum absolute atomic E-state index is 0.596. The molecule has 2 aromatic carbocycles. The first-order valence-corrected chi connectivity index (χ1v) is 7.58. The van der Waals surface area contributed by atoms with E-state index in [1.165, 1.54) is 5.56 Å². The van der Waals surface area contributed by atoms with Gasteiger partial charge in [0.25, 0.3) is 0 Å². The van der Waals surface area contributed by atoms with Crippen LogP contribution in [0.4, 0.5) is 5.69 Å². The van der Waals surface area contributed by atoms with Gasteiger partial charge in [0.2, 0.25) is 0 Å². The van der Waals surface area contributed by atoms with Gasteiger partial charge in [0, 0.05) is 15.7 Å². The second-order valence-corrected chi connectivity index (χ2v) is 6.43. The summed E-state index contributed by atoms with van der Waals surface area (Å²) in [5.41, 5.74) is 9.43. The molecule has 0 aliphatic rings. The van der Waals surface area contributed by atoms with Crippen LogP contribution < -0.4 is 5.73 Å². The molecule has 3 heteroatoms. The summed E-state index contributed by atoms with van der Waals surface area (Å²) in [7, 11) is 0. The molecular weight excluding hydrogens is 314 g/mol. The van der Waals surface area contributed by atoms with Gasteiger partial charge in [-0.05, 0) is 41.7 Å². The third-order valence-corrected chi connectivity index (χ3v) is 3.75. The molecule has 2 aromatic rings. The fourth-order valence-corrected chi connectivity index (χ4v) is 2.70. The molecule has 0 amide bonds. The summed E-state index contributed by atoms with van der Waals surface area (Å²) in [5.74, 6) is 0.596. The molecule has 106 valence electrons. The van der Waals surface area contributed by atoms with Crippen molar-refractivity contribution in [2.75, 3.05) is 5.73 Å². The number of nitrogens with two attached hydrogens (primary N) is 1. The predicted molar refractivity (Wildman–Crippen MR) is 87.6 cm³/mol. The molecule has 0 aliphatic heterocycles. The van der Waals surface area contributed by atoms with E-state index in [1.54, 1.807) is 6.07 Å². The Kier molecular flexibility index (Phi) is 4.84. The van der Waals surface area contributed by atoms with Gasteiger partial charge in [0.15, 0.2) is 0 Å². The van der Waals surface area contributed by atoms with Crippen LogP contribution in [-0.2, 0) is 6.42 Å². The third-order valence-electron chi connectivity index (χ3n) is 3.25.